The van der Waals surface area contributed by atoms with Gasteiger partial charge in [0.05, 0.1) is 15.0 Å². The van der Waals surface area contributed by atoms with Gasteiger partial charge in [0.15, 0.2) is 0 Å². The SMILES string of the molecule is Cc1cc([N+](=O)[O-])ccc1NC(=O)c1c(-c2c(Cl)cccc2Cl)noc1C. The number of carbonyl (C=O) groups is 1. The Morgan fingerprint density at radius 1 is 1.19 bits per heavy atom. The highest BCUT2D eigenvalue weighted by atomic mass is 35.5. The Hall–Kier alpha value is -2.90. The average molecular weight is 406 g/mol. The Labute approximate surface area is 164 Å². The molecule has 2 aromatic carbocycles. The summed E-state index contributed by atoms with van der Waals surface area (Å²) >= 11 is 12.4. The summed E-state index contributed by atoms with van der Waals surface area (Å²) in [5.41, 5.74) is 1.72. The normalized spacial score (nSPS) is 10.7. The third-order valence-corrected chi connectivity index (χ3v) is 4.59. The lowest BCUT2D eigenvalue weighted by atomic mass is 10.0. The van der Waals surface area contributed by atoms with Gasteiger partial charge in [-0.2, -0.15) is 0 Å². The molecule has 1 heterocycles. The maximum Gasteiger partial charge on any atom is 0.269 e. The molecule has 1 N–H and O–H groups in total. The molecular formula is C18H13Cl2N3O4. The molecular weight excluding hydrogens is 393 g/mol. The second-order valence-electron chi connectivity index (χ2n) is 5.77. The molecule has 0 aliphatic carbocycles. The van der Waals surface area contributed by atoms with Gasteiger partial charge in [-0.05, 0) is 37.6 Å². The zero-order valence-electron chi connectivity index (χ0n) is 14.2. The lowest BCUT2D eigenvalue weighted by Gasteiger charge is -2.10. The molecule has 0 fully saturated rings. The van der Waals surface area contributed by atoms with E-state index in [1.54, 1.807) is 32.0 Å². The van der Waals surface area contributed by atoms with Crippen molar-refractivity contribution in [1.29, 1.82) is 0 Å². The lowest BCUT2D eigenvalue weighted by molar-refractivity contribution is -0.384. The minimum atomic E-state index is -0.500. The number of aromatic nitrogens is 1. The van der Waals surface area contributed by atoms with Crippen LogP contribution in [0.25, 0.3) is 11.3 Å². The maximum absolute atomic E-state index is 12.9. The molecule has 1 amide bonds. The number of halogens is 2. The fraction of sp³-hybridized carbons (Fsp3) is 0.111. The Morgan fingerprint density at radius 2 is 1.85 bits per heavy atom. The van der Waals surface area contributed by atoms with Gasteiger partial charge in [0.2, 0.25) is 0 Å². The van der Waals surface area contributed by atoms with Gasteiger partial charge >= 0.3 is 0 Å². The van der Waals surface area contributed by atoms with E-state index < -0.39 is 10.8 Å². The van der Waals surface area contributed by atoms with Crippen molar-refractivity contribution in [2.75, 3.05) is 5.32 Å². The van der Waals surface area contributed by atoms with Crippen LogP contribution in [0.1, 0.15) is 21.7 Å². The van der Waals surface area contributed by atoms with Crippen molar-refractivity contribution in [3.05, 3.63) is 73.4 Å². The standard InChI is InChI=1S/C18H13Cl2N3O4/c1-9-8-11(23(25)26)6-7-14(9)21-18(24)15-10(2)27-22-17(15)16-12(19)4-3-5-13(16)20/h3-8H,1-2H3,(H,21,24). The third kappa shape index (κ3) is 3.65. The summed E-state index contributed by atoms with van der Waals surface area (Å²) in [5.74, 6) is -0.199. The minimum absolute atomic E-state index is 0.0600. The third-order valence-electron chi connectivity index (χ3n) is 3.96. The number of anilines is 1. The molecule has 0 aliphatic rings. The van der Waals surface area contributed by atoms with Crippen molar-refractivity contribution in [2.45, 2.75) is 13.8 Å². The van der Waals surface area contributed by atoms with E-state index in [0.717, 1.165) is 0 Å². The summed E-state index contributed by atoms with van der Waals surface area (Å²) in [5, 5.41) is 18.2. The number of nitrogens with zero attached hydrogens (tertiary/aromatic N) is 2. The van der Waals surface area contributed by atoms with Gasteiger partial charge in [-0.25, -0.2) is 0 Å². The predicted octanol–water partition coefficient (Wildman–Crippen LogP) is 5.43. The second kappa shape index (κ2) is 7.38. The van der Waals surface area contributed by atoms with E-state index in [1.165, 1.54) is 18.2 Å². The van der Waals surface area contributed by atoms with E-state index in [9.17, 15) is 14.9 Å². The van der Waals surface area contributed by atoms with E-state index in [0.29, 0.717) is 26.9 Å². The highest BCUT2D eigenvalue weighted by Gasteiger charge is 2.25. The van der Waals surface area contributed by atoms with Gasteiger partial charge in [0.1, 0.15) is 17.0 Å². The van der Waals surface area contributed by atoms with Crippen LogP contribution >= 0.6 is 23.2 Å². The number of hydrogen-bond acceptors (Lipinski definition) is 5. The van der Waals surface area contributed by atoms with Crippen LogP contribution in [0.15, 0.2) is 40.9 Å². The van der Waals surface area contributed by atoms with Gasteiger partial charge in [-0.15, -0.1) is 0 Å². The van der Waals surface area contributed by atoms with E-state index in [-0.39, 0.29) is 22.7 Å². The van der Waals surface area contributed by atoms with E-state index in [4.69, 9.17) is 27.7 Å². The number of hydrogen-bond donors (Lipinski definition) is 1. The molecule has 27 heavy (non-hydrogen) atoms. The molecule has 0 saturated carbocycles. The van der Waals surface area contributed by atoms with Gasteiger partial charge in [-0.1, -0.05) is 34.4 Å². The summed E-state index contributed by atoms with van der Waals surface area (Å²) in [6, 6.07) is 9.11. The number of nitro benzene ring substituents is 1. The van der Waals surface area contributed by atoms with Gasteiger partial charge in [0.25, 0.3) is 11.6 Å². The molecule has 3 rings (SSSR count). The van der Waals surface area contributed by atoms with Crippen molar-refractivity contribution in [3.8, 4) is 11.3 Å². The Bertz CT molecular complexity index is 1040. The van der Waals surface area contributed by atoms with Crippen LogP contribution in [0, 0.1) is 24.0 Å². The predicted molar refractivity (Wildman–Crippen MR) is 102 cm³/mol. The van der Waals surface area contributed by atoms with Crippen LogP contribution in [-0.2, 0) is 0 Å². The molecule has 0 unspecified atom stereocenters. The van der Waals surface area contributed by atoms with Crippen LogP contribution < -0.4 is 5.32 Å². The second-order valence-corrected chi connectivity index (χ2v) is 6.58. The summed E-state index contributed by atoms with van der Waals surface area (Å²) in [6.45, 7) is 3.26. The van der Waals surface area contributed by atoms with Crippen molar-refractivity contribution in [1.82, 2.24) is 5.16 Å². The number of nitrogens with one attached hydrogen (secondary N) is 1. The van der Waals surface area contributed by atoms with Crippen molar-refractivity contribution in [3.63, 3.8) is 0 Å². The lowest BCUT2D eigenvalue weighted by Crippen LogP contribution is -2.14. The molecule has 0 saturated heterocycles. The fourth-order valence-corrected chi connectivity index (χ4v) is 3.20. The fourth-order valence-electron chi connectivity index (χ4n) is 2.62. The van der Waals surface area contributed by atoms with Crippen molar-refractivity contribution in [2.24, 2.45) is 0 Å². The molecule has 0 radical (unpaired) electrons. The monoisotopic (exact) mass is 405 g/mol. The summed E-state index contributed by atoms with van der Waals surface area (Å²) < 4.78 is 5.18. The number of nitro groups is 1. The summed E-state index contributed by atoms with van der Waals surface area (Å²) in [7, 11) is 0. The van der Waals surface area contributed by atoms with E-state index >= 15 is 0 Å². The number of non-ortho nitro benzene ring substituents is 1. The van der Waals surface area contributed by atoms with Crippen LogP contribution in [0.3, 0.4) is 0 Å². The minimum Gasteiger partial charge on any atom is -0.360 e. The van der Waals surface area contributed by atoms with Crippen molar-refractivity contribution < 1.29 is 14.2 Å². The first-order valence-corrected chi connectivity index (χ1v) is 8.52. The maximum atomic E-state index is 12.9. The van der Waals surface area contributed by atoms with Gasteiger partial charge in [-0.3, -0.25) is 14.9 Å². The van der Waals surface area contributed by atoms with Crippen LogP contribution in [0.2, 0.25) is 10.0 Å². The average Bonchev–Trinajstić information content (AvgIpc) is 2.97. The number of benzene rings is 2. The highest BCUT2D eigenvalue weighted by Crippen LogP contribution is 2.37. The molecule has 0 bridgehead atoms. The molecule has 9 heteroatoms. The molecule has 7 nitrogen and oxygen atoms in total. The number of rotatable bonds is 4. The van der Waals surface area contributed by atoms with Crippen molar-refractivity contribution >= 4 is 40.5 Å². The Kier molecular flexibility index (Phi) is 5.16. The zero-order chi connectivity index (χ0) is 19.7. The molecule has 0 aliphatic heterocycles. The first-order valence-electron chi connectivity index (χ1n) is 7.76. The highest BCUT2D eigenvalue weighted by molar-refractivity contribution is 6.39. The van der Waals surface area contributed by atoms with Crippen LogP contribution in [0.5, 0.6) is 0 Å². The number of amides is 1. The Morgan fingerprint density at radius 3 is 2.44 bits per heavy atom. The largest absolute Gasteiger partial charge is 0.360 e. The van der Waals surface area contributed by atoms with Gasteiger partial charge in [0, 0.05) is 23.4 Å². The van der Waals surface area contributed by atoms with E-state index in [2.05, 4.69) is 10.5 Å². The summed E-state index contributed by atoms with van der Waals surface area (Å²) in [4.78, 5) is 23.2. The first-order chi connectivity index (χ1) is 12.8. The molecule has 138 valence electrons. The number of aryl methyl sites for hydroxylation is 2. The van der Waals surface area contributed by atoms with Crippen LogP contribution in [0.4, 0.5) is 11.4 Å². The smallest absolute Gasteiger partial charge is 0.269 e. The quantitative estimate of drug-likeness (QED) is 0.460. The number of carbonyl (C=O) groups excluding carboxylic acids is 1. The Balaban J connectivity index is 2.00. The molecule has 0 spiro atoms. The summed E-state index contributed by atoms with van der Waals surface area (Å²) in [6.07, 6.45) is 0. The zero-order valence-corrected chi connectivity index (χ0v) is 15.8. The molecule has 0 atom stereocenters. The topological polar surface area (TPSA) is 98.3 Å². The van der Waals surface area contributed by atoms with Crippen LogP contribution in [-0.4, -0.2) is 16.0 Å². The van der Waals surface area contributed by atoms with Gasteiger partial charge < -0.3 is 9.84 Å². The first kappa shape index (κ1) is 18.9. The van der Waals surface area contributed by atoms with E-state index in [1.807, 2.05) is 0 Å². The molecule has 3 aromatic rings. The molecule has 1 aromatic heterocycles.